The molecule has 0 heterocycles. The summed E-state index contributed by atoms with van der Waals surface area (Å²) in [5, 5.41) is 2.58. The quantitative estimate of drug-likeness (QED) is 0.434. The summed E-state index contributed by atoms with van der Waals surface area (Å²) in [7, 11) is 0. The molecule has 2 rings (SSSR count). The second-order valence-corrected chi connectivity index (χ2v) is 6.59. The van der Waals surface area contributed by atoms with Crippen LogP contribution in [0.4, 0.5) is 18.9 Å². The number of hydrogen-bond donors (Lipinski definition) is 2. The van der Waals surface area contributed by atoms with Crippen LogP contribution < -0.4 is 10.0 Å². The van der Waals surface area contributed by atoms with Gasteiger partial charge in [-0.3, -0.25) is 4.72 Å². The Balaban J connectivity index is 2.52. The Hall–Kier alpha value is -1.28. The SMILES string of the molecule is CSNC(C)c1ccc(-c2c(Cl)cc(NC=S)cc2C(F)(F)F)cc1. The molecule has 0 radical (unpaired) electrons. The topological polar surface area (TPSA) is 24.1 Å². The Morgan fingerprint density at radius 1 is 1.20 bits per heavy atom. The van der Waals surface area contributed by atoms with E-state index >= 15 is 0 Å². The van der Waals surface area contributed by atoms with Gasteiger partial charge < -0.3 is 5.32 Å². The predicted octanol–water partition coefficient (Wildman–Crippen LogP) is 6.32. The highest BCUT2D eigenvalue weighted by Crippen LogP contribution is 2.43. The van der Waals surface area contributed by atoms with Crippen LogP contribution >= 0.6 is 35.8 Å². The summed E-state index contributed by atoms with van der Waals surface area (Å²) < 4.78 is 43.7. The van der Waals surface area contributed by atoms with Gasteiger partial charge in [0, 0.05) is 17.3 Å². The molecule has 0 saturated heterocycles. The first-order chi connectivity index (χ1) is 11.8. The minimum atomic E-state index is -4.54. The van der Waals surface area contributed by atoms with Crippen LogP contribution in [0.25, 0.3) is 11.1 Å². The first kappa shape index (κ1) is 20.0. The smallest absolute Gasteiger partial charge is 0.353 e. The maximum Gasteiger partial charge on any atom is 0.417 e. The van der Waals surface area contributed by atoms with E-state index in [1.165, 1.54) is 18.0 Å². The van der Waals surface area contributed by atoms with Gasteiger partial charge in [-0.25, -0.2) is 0 Å². The fourth-order valence-corrected chi connectivity index (χ4v) is 3.41. The van der Waals surface area contributed by atoms with E-state index in [1.54, 1.807) is 24.3 Å². The van der Waals surface area contributed by atoms with Gasteiger partial charge in [0.2, 0.25) is 0 Å². The van der Waals surface area contributed by atoms with E-state index < -0.39 is 11.7 Å². The number of thiocarbonyl (C=S) groups is 1. The van der Waals surface area contributed by atoms with Gasteiger partial charge >= 0.3 is 6.18 Å². The Kier molecular flexibility index (Phi) is 6.73. The lowest BCUT2D eigenvalue weighted by Crippen LogP contribution is -2.10. The molecular formula is C17H16ClF3N2S2. The molecule has 0 spiro atoms. The second kappa shape index (κ2) is 8.40. The van der Waals surface area contributed by atoms with Crippen LogP contribution in [0.1, 0.15) is 24.1 Å². The van der Waals surface area contributed by atoms with Gasteiger partial charge in [0.25, 0.3) is 0 Å². The van der Waals surface area contributed by atoms with Gasteiger partial charge in [-0.2, -0.15) is 13.2 Å². The monoisotopic (exact) mass is 404 g/mol. The third-order valence-electron chi connectivity index (χ3n) is 3.62. The summed E-state index contributed by atoms with van der Waals surface area (Å²) >= 11 is 12.3. The van der Waals surface area contributed by atoms with Crippen molar-refractivity contribution in [2.45, 2.75) is 19.1 Å². The van der Waals surface area contributed by atoms with Gasteiger partial charge in [-0.15, -0.1) is 0 Å². The van der Waals surface area contributed by atoms with Gasteiger partial charge in [0.05, 0.1) is 16.1 Å². The van der Waals surface area contributed by atoms with E-state index in [1.807, 2.05) is 13.2 Å². The number of benzene rings is 2. The highest BCUT2D eigenvalue weighted by Gasteiger charge is 2.35. The number of rotatable bonds is 6. The van der Waals surface area contributed by atoms with Crippen LogP contribution in [-0.4, -0.2) is 11.7 Å². The van der Waals surface area contributed by atoms with E-state index in [-0.39, 0.29) is 22.3 Å². The molecule has 2 aromatic rings. The number of hydrogen-bond acceptors (Lipinski definition) is 3. The van der Waals surface area contributed by atoms with Crippen molar-refractivity contribution < 1.29 is 13.2 Å². The maximum atomic E-state index is 13.5. The van der Waals surface area contributed by atoms with Crippen molar-refractivity contribution in [1.29, 1.82) is 0 Å². The number of anilines is 1. The first-order valence-corrected chi connectivity index (χ1v) is 9.35. The first-order valence-electron chi connectivity index (χ1n) is 7.27. The standard InChI is InChI=1S/C17H16ClF3N2S2/c1-10(23-25-2)11-3-5-12(6-4-11)16-14(17(19,20)21)7-13(22-9-24)8-15(16)18/h3-10,23H,1-2H3,(H,22,24). The fourth-order valence-electron chi connectivity index (χ4n) is 2.46. The Morgan fingerprint density at radius 2 is 1.84 bits per heavy atom. The fraction of sp³-hybridized carbons (Fsp3) is 0.235. The lowest BCUT2D eigenvalue weighted by Gasteiger charge is -2.18. The van der Waals surface area contributed by atoms with E-state index in [9.17, 15) is 13.2 Å². The summed E-state index contributed by atoms with van der Waals surface area (Å²) in [6, 6.07) is 9.41. The van der Waals surface area contributed by atoms with E-state index in [4.69, 9.17) is 11.6 Å². The zero-order chi connectivity index (χ0) is 18.6. The maximum absolute atomic E-state index is 13.5. The van der Waals surface area contributed by atoms with Gasteiger partial charge in [0.1, 0.15) is 0 Å². The van der Waals surface area contributed by atoms with Crippen LogP contribution in [0.5, 0.6) is 0 Å². The van der Waals surface area contributed by atoms with Crippen molar-refractivity contribution in [3.8, 4) is 11.1 Å². The molecule has 2 nitrogen and oxygen atoms in total. The molecule has 0 aliphatic rings. The highest BCUT2D eigenvalue weighted by molar-refractivity contribution is 7.96. The molecule has 134 valence electrons. The molecule has 0 aliphatic heterocycles. The number of nitrogens with one attached hydrogen (secondary N) is 2. The second-order valence-electron chi connectivity index (χ2n) is 5.31. The van der Waals surface area contributed by atoms with Crippen LogP contribution in [0.15, 0.2) is 36.4 Å². The number of halogens is 4. The van der Waals surface area contributed by atoms with Gasteiger partial charge in [-0.1, -0.05) is 60.0 Å². The molecule has 0 amide bonds. The summed E-state index contributed by atoms with van der Waals surface area (Å²) in [6.07, 6.45) is -2.62. The third-order valence-corrected chi connectivity index (χ3v) is 4.62. The zero-order valence-corrected chi connectivity index (χ0v) is 15.8. The summed E-state index contributed by atoms with van der Waals surface area (Å²) in [4.78, 5) is 0. The largest absolute Gasteiger partial charge is 0.417 e. The Bertz CT molecular complexity index is 749. The third kappa shape index (κ3) is 4.88. The van der Waals surface area contributed by atoms with Crippen molar-refractivity contribution in [3.05, 3.63) is 52.5 Å². The molecule has 1 atom stereocenters. The highest BCUT2D eigenvalue weighted by atomic mass is 35.5. The summed E-state index contributed by atoms with van der Waals surface area (Å²) in [6.45, 7) is 1.98. The van der Waals surface area contributed by atoms with Crippen LogP contribution in [0.3, 0.4) is 0 Å². The Labute approximate surface area is 159 Å². The van der Waals surface area contributed by atoms with E-state index in [2.05, 4.69) is 22.3 Å². The zero-order valence-electron chi connectivity index (χ0n) is 13.4. The minimum Gasteiger partial charge on any atom is -0.353 e. The molecule has 0 saturated carbocycles. The molecule has 0 aliphatic carbocycles. The summed E-state index contributed by atoms with van der Waals surface area (Å²) in [5.74, 6) is 0. The molecule has 0 aromatic heterocycles. The lowest BCUT2D eigenvalue weighted by molar-refractivity contribution is -0.137. The Morgan fingerprint density at radius 3 is 2.36 bits per heavy atom. The van der Waals surface area contributed by atoms with Crippen LogP contribution in [0, 0.1) is 0 Å². The molecule has 1 unspecified atom stereocenters. The van der Waals surface area contributed by atoms with Crippen molar-refractivity contribution in [3.63, 3.8) is 0 Å². The van der Waals surface area contributed by atoms with Crippen molar-refractivity contribution in [2.75, 3.05) is 11.6 Å². The number of alkyl halides is 3. The lowest BCUT2D eigenvalue weighted by atomic mass is 9.96. The minimum absolute atomic E-state index is 0.0113. The molecule has 2 aromatic carbocycles. The van der Waals surface area contributed by atoms with E-state index in [0.717, 1.165) is 17.1 Å². The van der Waals surface area contributed by atoms with Crippen molar-refractivity contribution in [2.24, 2.45) is 0 Å². The van der Waals surface area contributed by atoms with E-state index in [0.29, 0.717) is 5.56 Å². The molecule has 25 heavy (non-hydrogen) atoms. The van der Waals surface area contributed by atoms with Crippen LogP contribution in [0.2, 0.25) is 5.02 Å². The molecule has 8 heteroatoms. The summed E-state index contributed by atoms with van der Waals surface area (Å²) in [5.41, 5.74) is 1.88. The van der Waals surface area contributed by atoms with Crippen LogP contribution in [-0.2, 0) is 6.18 Å². The normalized spacial score (nSPS) is 12.7. The molecule has 0 bridgehead atoms. The average Bonchev–Trinajstić information content (AvgIpc) is 2.54. The van der Waals surface area contributed by atoms with Crippen molar-refractivity contribution in [1.82, 2.24) is 4.72 Å². The molecular weight excluding hydrogens is 389 g/mol. The van der Waals surface area contributed by atoms with Gasteiger partial charge in [-0.05, 0) is 36.4 Å². The molecule has 0 fully saturated rings. The van der Waals surface area contributed by atoms with Crippen molar-refractivity contribution >= 4 is 46.9 Å². The molecule has 2 N–H and O–H groups in total. The average molecular weight is 405 g/mol. The predicted molar refractivity (Wildman–Crippen MR) is 104 cm³/mol. The van der Waals surface area contributed by atoms with Gasteiger partial charge in [0.15, 0.2) is 0 Å².